The molecule has 118 valence electrons. The Morgan fingerprint density at radius 1 is 1.10 bits per heavy atom. The van der Waals surface area contributed by atoms with E-state index < -0.39 is 11.6 Å². The maximum Gasteiger partial charge on any atom is 0.159 e. The number of benzene rings is 1. The molecule has 0 bridgehead atoms. The third kappa shape index (κ3) is 5.26. The maximum absolute atomic E-state index is 13.4. The summed E-state index contributed by atoms with van der Waals surface area (Å²) in [5, 5.41) is 4.09. The van der Waals surface area contributed by atoms with Crippen LogP contribution in [0.1, 0.15) is 51.9 Å². The van der Waals surface area contributed by atoms with Gasteiger partial charge in [-0.15, -0.1) is 11.8 Å². The van der Waals surface area contributed by atoms with E-state index in [0.717, 1.165) is 24.3 Å². The summed E-state index contributed by atoms with van der Waals surface area (Å²) in [6.45, 7) is 3.20. The molecule has 1 aliphatic rings. The van der Waals surface area contributed by atoms with Crippen molar-refractivity contribution in [1.29, 1.82) is 0 Å². The lowest BCUT2D eigenvalue weighted by Gasteiger charge is -2.30. The second-order valence-corrected chi connectivity index (χ2v) is 7.10. The van der Waals surface area contributed by atoms with E-state index in [-0.39, 0.29) is 0 Å². The zero-order chi connectivity index (χ0) is 15.1. The van der Waals surface area contributed by atoms with Crippen LogP contribution < -0.4 is 5.32 Å². The Bertz CT molecular complexity index is 437. The monoisotopic (exact) mass is 313 g/mol. The Morgan fingerprint density at radius 3 is 2.57 bits per heavy atom. The summed E-state index contributed by atoms with van der Waals surface area (Å²) in [7, 11) is 0. The summed E-state index contributed by atoms with van der Waals surface area (Å²) in [5.74, 6) is -1.51. The third-order valence-corrected chi connectivity index (χ3v) is 5.43. The summed E-state index contributed by atoms with van der Waals surface area (Å²) in [6.07, 6.45) is 8.54. The van der Waals surface area contributed by atoms with Crippen molar-refractivity contribution < 1.29 is 8.78 Å². The highest BCUT2D eigenvalue weighted by Crippen LogP contribution is 2.33. The highest BCUT2D eigenvalue weighted by Gasteiger charge is 2.23. The van der Waals surface area contributed by atoms with Gasteiger partial charge in [0.1, 0.15) is 0 Å². The van der Waals surface area contributed by atoms with Gasteiger partial charge in [-0.2, -0.15) is 0 Å². The molecular formula is C17H25F2NS. The SMILES string of the molecule is CCCNC1CCCCCCC1Sc1ccc(F)c(F)c1. The van der Waals surface area contributed by atoms with Crippen molar-refractivity contribution in [2.45, 2.75) is 68.1 Å². The standard InChI is InChI=1S/C17H25F2NS/c1-2-11-20-16-7-5-3-4-6-8-17(16)21-13-9-10-14(18)15(19)12-13/h9-10,12,16-17,20H,2-8,11H2,1H3. The number of halogens is 2. The number of rotatable bonds is 5. The molecule has 0 spiro atoms. The number of hydrogen-bond acceptors (Lipinski definition) is 2. The summed E-state index contributed by atoms with van der Waals surface area (Å²) >= 11 is 1.70. The van der Waals surface area contributed by atoms with E-state index in [1.54, 1.807) is 17.8 Å². The molecule has 0 heterocycles. The maximum atomic E-state index is 13.4. The van der Waals surface area contributed by atoms with E-state index in [4.69, 9.17) is 0 Å². The van der Waals surface area contributed by atoms with E-state index in [1.165, 1.54) is 44.2 Å². The summed E-state index contributed by atoms with van der Waals surface area (Å²) in [4.78, 5) is 0.836. The van der Waals surface area contributed by atoms with Crippen LogP contribution in [0.3, 0.4) is 0 Å². The summed E-state index contributed by atoms with van der Waals surface area (Å²) < 4.78 is 26.4. The Morgan fingerprint density at radius 2 is 1.86 bits per heavy atom. The van der Waals surface area contributed by atoms with Gasteiger partial charge in [0.25, 0.3) is 0 Å². The van der Waals surface area contributed by atoms with Crippen LogP contribution in [0.15, 0.2) is 23.1 Å². The highest BCUT2D eigenvalue weighted by atomic mass is 32.2. The van der Waals surface area contributed by atoms with Crippen molar-refractivity contribution in [3.8, 4) is 0 Å². The molecule has 0 aromatic heterocycles. The second-order valence-electron chi connectivity index (χ2n) is 5.78. The fourth-order valence-electron chi connectivity index (χ4n) is 2.88. The van der Waals surface area contributed by atoms with Crippen molar-refractivity contribution in [3.63, 3.8) is 0 Å². The van der Waals surface area contributed by atoms with Gasteiger partial charge in [-0.1, -0.05) is 32.6 Å². The van der Waals surface area contributed by atoms with Gasteiger partial charge in [-0.05, 0) is 44.0 Å². The van der Waals surface area contributed by atoms with E-state index in [9.17, 15) is 8.78 Å². The highest BCUT2D eigenvalue weighted by molar-refractivity contribution is 8.00. The van der Waals surface area contributed by atoms with Crippen molar-refractivity contribution in [2.75, 3.05) is 6.54 Å². The normalized spacial score (nSPS) is 23.6. The van der Waals surface area contributed by atoms with Gasteiger partial charge in [-0.25, -0.2) is 8.78 Å². The van der Waals surface area contributed by atoms with Gasteiger partial charge in [0.2, 0.25) is 0 Å². The topological polar surface area (TPSA) is 12.0 Å². The lowest BCUT2D eigenvalue weighted by atomic mass is 9.96. The first kappa shape index (κ1) is 16.8. The first-order valence-electron chi connectivity index (χ1n) is 8.05. The molecule has 2 atom stereocenters. The van der Waals surface area contributed by atoms with Crippen molar-refractivity contribution in [2.24, 2.45) is 0 Å². The molecule has 1 nitrogen and oxygen atoms in total. The fourth-order valence-corrected chi connectivity index (χ4v) is 4.23. The minimum atomic E-state index is -0.766. The molecule has 1 N–H and O–H groups in total. The molecule has 2 rings (SSSR count). The van der Waals surface area contributed by atoms with Gasteiger partial charge in [0, 0.05) is 16.2 Å². The molecule has 1 saturated carbocycles. The van der Waals surface area contributed by atoms with Gasteiger partial charge < -0.3 is 5.32 Å². The zero-order valence-corrected chi connectivity index (χ0v) is 13.5. The van der Waals surface area contributed by atoms with Crippen LogP contribution in [0.25, 0.3) is 0 Å². The second kappa shape index (κ2) is 8.74. The van der Waals surface area contributed by atoms with Crippen LogP contribution >= 0.6 is 11.8 Å². The molecule has 0 amide bonds. The molecule has 1 fully saturated rings. The predicted octanol–water partition coefficient (Wildman–Crippen LogP) is 5.15. The van der Waals surface area contributed by atoms with Gasteiger partial charge in [-0.3, -0.25) is 0 Å². The number of nitrogens with one attached hydrogen (secondary N) is 1. The van der Waals surface area contributed by atoms with Gasteiger partial charge >= 0.3 is 0 Å². The molecule has 2 unspecified atom stereocenters. The average Bonchev–Trinajstić information content (AvgIpc) is 2.45. The minimum absolute atomic E-state index is 0.446. The Balaban J connectivity index is 2.05. The van der Waals surface area contributed by atoms with Crippen LogP contribution in [0.5, 0.6) is 0 Å². The van der Waals surface area contributed by atoms with Gasteiger partial charge in [0.05, 0.1) is 0 Å². The fraction of sp³-hybridized carbons (Fsp3) is 0.647. The molecule has 21 heavy (non-hydrogen) atoms. The first-order chi connectivity index (χ1) is 10.2. The molecule has 4 heteroatoms. The van der Waals surface area contributed by atoms with E-state index in [1.807, 2.05) is 0 Å². The van der Waals surface area contributed by atoms with Crippen LogP contribution in [0, 0.1) is 11.6 Å². The van der Waals surface area contributed by atoms with Crippen LogP contribution in [0.4, 0.5) is 8.78 Å². The van der Waals surface area contributed by atoms with Crippen LogP contribution in [-0.2, 0) is 0 Å². The van der Waals surface area contributed by atoms with Crippen molar-refractivity contribution in [3.05, 3.63) is 29.8 Å². The quantitative estimate of drug-likeness (QED) is 0.807. The third-order valence-electron chi connectivity index (χ3n) is 4.04. The Hall–Kier alpha value is -0.610. The van der Waals surface area contributed by atoms with Crippen LogP contribution in [0.2, 0.25) is 0 Å². The van der Waals surface area contributed by atoms with E-state index >= 15 is 0 Å². The average molecular weight is 313 g/mol. The van der Waals surface area contributed by atoms with Gasteiger partial charge in [0.15, 0.2) is 11.6 Å². The number of hydrogen-bond donors (Lipinski definition) is 1. The Labute approximate surface area is 130 Å². The smallest absolute Gasteiger partial charge is 0.159 e. The molecular weight excluding hydrogens is 288 g/mol. The summed E-state index contributed by atoms with van der Waals surface area (Å²) in [5.41, 5.74) is 0. The predicted molar refractivity (Wildman–Crippen MR) is 85.8 cm³/mol. The minimum Gasteiger partial charge on any atom is -0.313 e. The number of thioether (sulfide) groups is 1. The Kier molecular flexibility index (Phi) is 6.97. The van der Waals surface area contributed by atoms with E-state index in [0.29, 0.717) is 11.3 Å². The lowest BCUT2D eigenvalue weighted by Crippen LogP contribution is -2.39. The van der Waals surface area contributed by atoms with Crippen molar-refractivity contribution >= 4 is 11.8 Å². The first-order valence-corrected chi connectivity index (χ1v) is 8.93. The molecule has 1 aliphatic carbocycles. The summed E-state index contributed by atoms with van der Waals surface area (Å²) in [6, 6.07) is 4.73. The lowest BCUT2D eigenvalue weighted by molar-refractivity contribution is 0.400. The van der Waals surface area contributed by atoms with Crippen molar-refractivity contribution in [1.82, 2.24) is 5.32 Å². The molecule has 0 aliphatic heterocycles. The van der Waals surface area contributed by atoms with Crippen LogP contribution in [-0.4, -0.2) is 17.8 Å². The van der Waals surface area contributed by atoms with E-state index in [2.05, 4.69) is 12.2 Å². The zero-order valence-electron chi connectivity index (χ0n) is 12.7. The molecule has 1 aromatic carbocycles. The molecule has 0 radical (unpaired) electrons. The molecule has 1 aromatic rings. The molecule has 0 saturated heterocycles. The largest absolute Gasteiger partial charge is 0.313 e.